The van der Waals surface area contributed by atoms with Gasteiger partial charge in [0.2, 0.25) is 15.9 Å². The van der Waals surface area contributed by atoms with Gasteiger partial charge in [-0.1, -0.05) is 32.3 Å². The Morgan fingerprint density at radius 1 is 1.15 bits per heavy atom. The highest BCUT2D eigenvalue weighted by Gasteiger charge is 2.35. The molecule has 1 fully saturated rings. The highest BCUT2D eigenvalue weighted by Crippen LogP contribution is 2.28. The van der Waals surface area contributed by atoms with Crippen LogP contribution in [0.1, 0.15) is 56.6 Å². The molecule has 6 heteroatoms. The average molecular weight is 381 g/mol. The fourth-order valence-corrected chi connectivity index (χ4v) is 4.99. The molecule has 5 nitrogen and oxygen atoms in total. The fraction of sp³-hybridized carbons (Fsp3) is 0.650. The number of aryl methyl sites for hydroxylation is 2. The molecular weight excluding hydrogens is 348 g/mol. The third kappa shape index (κ3) is 4.58. The van der Waals surface area contributed by atoms with Gasteiger partial charge in [-0.3, -0.25) is 9.10 Å². The summed E-state index contributed by atoms with van der Waals surface area (Å²) >= 11 is 0. The second-order valence-electron chi connectivity index (χ2n) is 7.49. The van der Waals surface area contributed by atoms with Crippen molar-refractivity contribution in [2.24, 2.45) is 0 Å². The molecule has 1 aliphatic carbocycles. The van der Waals surface area contributed by atoms with Crippen molar-refractivity contribution in [2.45, 2.75) is 71.4 Å². The largest absolute Gasteiger partial charge is 0.341 e. The van der Waals surface area contributed by atoms with E-state index in [1.807, 2.05) is 40.0 Å². The molecule has 1 saturated carbocycles. The van der Waals surface area contributed by atoms with Crippen molar-refractivity contribution in [1.82, 2.24) is 4.90 Å². The summed E-state index contributed by atoms with van der Waals surface area (Å²) in [7, 11) is -1.76. The number of hydrogen-bond donors (Lipinski definition) is 0. The minimum absolute atomic E-state index is 0.108. The van der Waals surface area contributed by atoms with Crippen molar-refractivity contribution < 1.29 is 13.2 Å². The normalized spacial score (nSPS) is 17.0. The molecule has 26 heavy (non-hydrogen) atoms. The molecular formula is C20H32N2O3S. The topological polar surface area (TPSA) is 57.7 Å². The van der Waals surface area contributed by atoms with E-state index in [1.54, 1.807) is 11.0 Å². The summed E-state index contributed by atoms with van der Waals surface area (Å²) in [4.78, 5) is 15.0. The van der Waals surface area contributed by atoms with E-state index in [4.69, 9.17) is 0 Å². The maximum absolute atomic E-state index is 13.2. The van der Waals surface area contributed by atoms with E-state index in [9.17, 15) is 13.2 Å². The molecule has 0 radical (unpaired) electrons. The van der Waals surface area contributed by atoms with E-state index < -0.39 is 16.1 Å². The Morgan fingerprint density at radius 2 is 1.77 bits per heavy atom. The Balaban J connectivity index is 2.37. The van der Waals surface area contributed by atoms with Gasteiger partial charge in [0.1, 0.15) is 6.04 Å². The van der Waals surface area contributed by atoms with E-state index in [0.29, 0.717) is 12.1 Å². The van der Waals surface area contributed by atoms with Crippen LogP contribution in [0.3, 0.4) is 0 Å². The van der Waals surface area contributed by atoms with E-state index in [2.05, 4.69) is 0 Å². The lowest BCUT2D eigenvalue weighted by atomic mass is 9.94. The molecule has 0 heterocycles. The maximum atomic E-state index is 13.2. The lowest BCUT2D eigenvalue weighted by Crippen LogP contribution is -2.52. The number of amides is 1. The zero-order valence-corrected chi connectivity index (χ0v) is 17.5. The smallest absolute Gasteiger partial charge is 0.246 e. The Hall–Kier alpha value is -1.56. The van der Waals surface area contributed by atoms with Crippen molar-refractivity contribution in [2.75, 3.05) is 17.6 Å². The number of hydrogen-bond acceptors (Lipinski definition) is 3. The number of rotatable bonds is 6. The monoisotopic (exact) mass is 380 g/mol. The van der Waals surface area contributed by atoms with Crippen LogP contribution >= 0.6 is 0 Å². The fourth-order valence-electron chi connectivity index (χ4n) is 3.79. The second kappa shape index (κ2) is 8.42. The van der Waals surface area contributed by atoms with Crippen LogP contribution in [0.4, 0.5) is 5.69 Å². The molecule has 0 N–H and O–H groups in total. The summed E-state index contributed by atoms with van der Waals surface area (Å²) in [6.07, 6.45) is 7.10. The van der Waals surface area contributed by atoms with Crippen molar-refractivity contribution >= 4 is 21.6 Å². The minimum atomic E-state index is -3.58. The quantitative estimate of drug-likeness (QED) is 0.757. The summed E-state index contributed by atoms with van der Waals surface area (Å²) in [6.45, 7) is 5.82. The average Bonchev–Trinajstić information content (AvgIpc) is 2.60. The van der Waals surface area contributed by atoms with Gasteiger partial charge < -0.3 is 4.90 Å². The van der Waals surface area contributed by atoms with Crippen molar-refractivity contribution in [3.63, 3.8) is 0 Å². The van der Waals surface area contributed by atoms with Crippen LogP contribution in [0.5, 0.6) is 0 Å². The zero-order valence-electron chi connectivity index (χ0n) is 16.7. The predicted molar refractivity (Wildman–Crippen MR) is 107 cm³/mol. The van der Waals surface area contributed by atoms with Gasteiger partial charge in [0.15, 0.2) is 0 Å². The van der Waals surface area contributed by atoms with Crippen molar-refractivity contribution in [3.8, 4) is 0 Å². The summed E-state index contributed by atoms with van der Waals surface area (Å²) in [5, 5.41) is 0. The molecule has 0 spiro atoms. The van der Waals surface area contributed by atoms with Crippen LogP contribution in [0.25, 0.3) is 0 Å². The first-order valence-corrected chi connectivity index (χ1v) is 11.3. The molecule has 0 aromatic heterocycles. The Kier molecular flexibility index (Phi) is 6.72. The Labute approximate surface area is 158 Å². The van der Waals surface area contributed by atoms with E-state index in [-0.39, 0.29) is 11.9 Å². The molecule has 1 aromatic rings. The number of sulfonamides is 1. The van der Waals surface area contributed by atoms with Crippen LogP contribution in [-0.4, -0.2) is 44.6 Å². The van der Waals surface area contributed by atoms with Gasteiger partial charge in [-0.25, -0.2) is 8.42 Å². The van der Waals surface area contributed by atoms with Crippen LogP contribution in [0.2, 0.25) is 0 Å². The summed E-state index contributed by atoms with van der Waals surface area (Å²) in [5.74, 6) is -0.108. The third-order valence-electron chi connectivity index (χ3n) is 5.53. The van der Waals surface area contributed by atoms with E-state index in [1.165, 1.54) is 17.0 Å². The van der Waals surface area contributed by atoms with Gasteiger partial charge in [0.05, 0.1) is 11.9 Å². The molecule has 0 bridgehead atoms. The summed E-state index contributed by atoms with van der Waals surface area (Å²) in [5.41, 5.74) is 2.67. The molecule has 1 amide bonds. The second-order valence-corrected chi connectivity index (χ2v) is 9.35. The Morgan fingerprint density at radius 3 is 2.27 bits per heavy atom. The molecule has 1 aliphatic rings. The number of carbonyl (C=O) groups is 1. The first-order chi connectivity index (χ1) is 12.2. The van der Waals surface area contributed by atoms with E-state index in [0.717, 1.165) is 36.8 Å². The van der Waals surface area contributed by atoms with Crippen LogP contribution < -0.4 is 4.31 Å². The maximum Gasteiger partial charge on any atom is 0.246 e. The Bertz CT molecular complexity index is 739. The van der Waals surface area contributed by atoms with Gasteiger partial charge in [-0.2, -0.15) is 0 Å². The summed E-state index contributed by atoms with van der Waals surface area (Å²) in [6, 6.07) is 5.06. The molecule has 1 aromatic carbocycles. The SMILES string of the molecule is CC[C@@H](C(=O)N(C)C1CCCCC1)N(c1ccc(C)c(C)c1)S(C)(=O)=O. The molecule has 0 aliphatic heterocycles. The number of anilines is 1. The zero-order chi connectivity index (χ0) is 19.5. The van der Waals surface area contributed by atoms with Crippen molar-refractivity contribution in [3.05, 3.63) is 29.3 Å². The van der Waals surface area contributed by atoms with E-state index >= 15 is 0 Å². The van der Waals surface area contributed by atoms with Gasteiger partial charge in [0.25, 0.3) is 0 Å². The number of carbonyl (C=O) groups excluding carboxylic acids is 1. The van der Waals surface area contributed by atoms with Gasteiger partial charge in [-0.15, -0.1) is 0 Å². The lowest BCUT2D eigenvalue weighted by molar-refractivity contribution is -0.133. The van der Waals surface area contributed by atoms with Crippen LogP contribution in [0, 0.1) is 13.8 Å². The third-order valence-corrected chi connectivity index (χ3v) is 6.71. The van der Waals surface area contributed by atoms with Gasteiger partial charge >= 0.3 is 0 Å². The molecule has 146 valence electrons. The van der Waals surface area contributed by atoms with Gasteiger partial charge in [0, 0.05) is 13.1 Å². The molecule has 0 saturated heterocycles. The first-order valence-electron chi connectivity index (χ1n) is 9.50. The minimum Gasteiger partial charge on any atom is -0.341 e. The highest BCUT2D eigenvalue weighted by molar-refractivity contribution is 7.92. The van der Waals surface area contributed by atoms with Crippen LogP contribution in [0.15, 0.2) is 18.2 Å². The lowest BCUT2D eigenvalue weighted by Gasteiger charge is -2.37. The molecule has 0 unspecified atom stereocenters. The van der Waals surface area contributed by atoms with Crippen molar-refractivity contribution in [1.29, 1.82) is 0 Å². The number of benzene rings is 1. The summed E-state index contributed by atoms with van der Waals surface area (Å²) < 4.78 is 26.5. The number of likely N-dealkylation sites (N-methyl/N-ethyl adjacent to an activating group) is 1. The molecule has 2 rings (SSSR count). The van der Waals surface area contributed by atoms with Gasteiger partial charge in [-0.05, 0) is 56.4 Å². The number of nitrogens with zero attached hydrogens (tertiary/aromatic N) is 2. The highest BCUT2D eigenvalue weighted by atomic mass is 32.2. The predicted octanol–water partition coefficient (Wildman–Crippen LogP) is 3.64. The standard InChI is InChI=1S/C20H32N2O3S/c1-6-19(20(23)21(4)17-10-8-7-9-11-17)22(26(5,24)25)18-13-12-15(2)16(3)14-18/h12-14,17,19H,6-11H2,1-5H3/t19-/m0/s1. The molecule has 1 atom stereocenters. The van der Waals surface area contributed by atoms with Crippen LogP contribution in [-0.2, 0) is 14.8 Å². The first kappa shape index (κ1) is 20.7.